The van der Waals surface area contributed by atoms with Gasteiger partial charge in [0.2, 0.25) is 0 Å². The summed E-state index contributed by atoms with van der Waals surface area (Å²) in [5.41, 5.74) is 2.80. The molecule has 0 unspecified atom stereocenters. The van der Waals surface area contributed by atoms with E-state index in [1.807, 2.05) is 0 Å². The van der Waals surface area contributed by atoms with Gasteiger partial charge >= 0.3 is 0 Å². The van der Waals surface area contributed by atoms with Crippen molar-refractivity contribution in [3.63, 3.8) is 0 Å². The number of rotatable bonds is 6. The zero-order valence-corrected chi connectivity index (χ0v) is 17.4. The van der Waals surface area contributed by atoms with Crippen molar-refractivity contribution < 1.29 is 0 Å². The zero-order valence-electron chi connectivity index (χ0n) is 16.5. The molecular weight excluding hydrogens is 357 g/mol. The van der Waals surface area contributed by atoms with Crippen molar-refractivity contribution in [2.24, 2.45) is 0 Å². The molecule has 0 aromatic heterocycles. The van der Waals surface area contributed by atoms with Crippen molar-refractivity contribution in [1.82, 2.24) is 4.90 Å². The molecule has 140 valence electrons. The average Bonchev–Trinajstić information content (AvgIpc) is 3.19. The molecule has 0 radical (unpaired) electrons. The van der Waals surface area contributed by atoms with Crippen LogP contribution in [0.4, 0.5) is 0 Å². The van der Waals surface area contributed by atoms with E-state index < -0.39 is 7.92 Å². The predicted octanol–water partition coefficient (Wildman–Crippen LogP) is 5.64. The van der Waals surface area contributed by atoms with Crippen LogP contribution in [0.5, 0.6) is 0 Å². The number of hydrogen-bond donors (Lipinski definition) is 0. The molecule has 0 saturated heterocycles. The maximum Gasteiger partial charge on any atom is 0.0600 e. The van der Waals surface area contributed by atoms with Gasteiger partial charge in [-0.2, -0.15) is 0 Å². The maximum atomic E-state index is 2.36. The van der Waals surface area contributed by atoms with Crippen LogP contribution >= 0.6 is 7.92 Å². The predicted molar refractivity (Wildman–Crippen MR) is 123 cm³/mol. The molecule has 1 aliphatic carbocycles. The van der Waals surface area contributed by atoms with Crippen LogP contribution in [0.2, 0.25) is 0 Å². The highest BCUT2D eigenvalue weighted by Gasteiger charge is 2.28. The second-order valence-electron chi connectivity index (χ2n) is 7.29. The largest absolute Gasteiger partial charge is 0.299 e. The average molecular weight is 383 g/mol. The minimum atomic E-state index is -0.548. The lowest BCUT2D eigenvalue weighted by Gasteiger charge is -2.30. The minimum Gasteiger partial charge on any atom is -0.299 e. The lowest BCUT2D eigenvalue weighted by atomic mass is 9.98. The fourth-order valence-electron chi connectivity index (χ4n) is 3.99. The van der Waals surface area contributed by atoms with Crippen LogP contribution in [0.1, 0.15) is 18.0 Å². The zero-order chi connectivity index (χ0) is 19.3. The quantitative estimate of drug-likeness (QED) is 0.498. The second-order valence-corrected chi connectivity index (χ2v) is 9.54. The smallest absolute Gasteiger partial charge is 0.0600 e. The Hall–Kier alpha value is -2.47. The molecule has 2 heteroatoms. The van der Waals surface area contributed by atoms with Crippen molar-refractivity contribution in [2.45, 2.75) is 12.5 Å². The summed E-state index contributed by atoms with van der Waals surface area (Å²) in [5, 5.41) is 4.41. The molecule has 3 aromatic carbocycles. The van der Waals surface area contributed by atoms with Crippen LogP contribution in [0.15, 0.2) is 114 Å². The van der Waals surface area contributed by atoms with Crippen molar-refractivity contribution in [3.8, 4) is 0 Å². The first-order valence-electron chi connectivity index (χ1n) is 9.77. The lowest BCUT2D eigenvalue weighted by molar-refractivity contribution is 0.341. The molecule has 0 spiro atoms. The van der Waals surface area contributed by atoms with Gasteiger partial charge in [0.1, 0.15) is 0 Å². The number of likely N-dealkylation sites (N-methyl/N-ethyl adjacent to an activating group) is 1. The summed E-state index contributed by atoms with van der Waals surface area (Å²) in [6.45, 7) is 0. The highest BCUT2D eigenvalue weighted by atomic mass is 31.1. The molecule has 3 aromatic rings. The highest BCUT2D eigenvalue weighted by molar-refractivity contribution is 7.76. The molecule has 4 rings (SSSR count). The Morgan fingerprint density at radius 3 is 1.71 bits per heavy atom. The van der Waals surface area contributed by atoms with E-state index in [0.29, 0.717) is 0 Å². The summed E-state index contributed by atoms with van der Waals surface area (Å²) >= 11 is 0. The van der Waals surface area contributed by atoms with Crippen LogP contribution in [0, 0.1) is 0 Å². The van der Waals surface area contributed by atoms with E-state index in [0.717, 1.165) is 6.42 Å². The fraction of sp³-hybridized carbons (Fsp3) is 0.154. The third kappa shape index (κ3) is 3.87. The van der Waals surface area contributed by atoms with Gasteiger partial charge in [0, 0.05) is 0 Å². The van der Waals surface area contributed by atoms with Gasteiger partial charge in [0.15, 0.2) is 0 Å². The highest BCUT2D eigenvalue weighted by Crippen LogP contribution is 2.51. The Balaban J connectivity index is 1.87. The van der Waals surface area contributed by atoms with Crippen LogP contribution in [0.3, 0.4) is 0 Å². The number of nitrogens with zero attached hydrogens (tertiary/aromatic N) is 1. The van der Waals surface area contributed by atoms with Gasteiger partial charge < -0.3 is 0 Å². The number of hydrogen-bond acceptors (Lipinski definition) is 1. The normalized spacial score (nSPS) is 14.9. The summed E-state index contributed by atoms with van der Waals surface area (Å²) in [6, 6.07) is 33.2. The molecule has 0 saturated carbocycles. The summed E-state index contributed by atoms with van der Waals surface area (Å²) < 4.78 is 0. The molecule has 0 fully saturated rings. The van der Waals surface area contributed by atoms with Gasteiger partial charge in [-0.1, -0.05) is 103 Å². The molecule has 0 bridgehead atoms. The van der Waals surface area contributed by atoms with E-state index in [9.17, 15) is 0 Å². The standard InChI is InChI=1S/C26H26NP/c1-27(2)26(21-13-6-3-7-14-21)24-19-12-20-25(24)28(22-15-8-4-9-16-22)23-17-10-5-11-18-23/h3-19,26H,20H2,1-2H3/t26-/m0/s1. The molecule has 0 N–H and O–H groups in total. The number of allylic oxidation sites excluding steroid dienone is 2. The minimum absolute atomic E-state index is 0.271. The Labute approximate surface area is 169 Å². The molecule has 1 aliphatic rings. The first kappa shape index (κ1) is 18.9. The van der Waals surface area contributed by atoms with Gasteiger partial charge in [0.25, 0.3) is 0 Å². The van der Waals surface area contributed by atoms with E-state index in [2.05, 4.69) is 122 Å². The molecule has 0 heterocycles. The van der Waals surface area contributed by atoms with Gasteiger partial charge in [-0.15, -0.1) is 0 Å². The molecule has 1 nitrogen and oxygen atoms in total. The summed E-state index contributed by atoms with van der Waals surface area (Å²) in [6.07, 6.45) is 5.72. The van der Waals surface area contributed by atoms with Gasteiger partial charge in [-0.25, -0.2) is 0 Å². The van der Waals surface area contributed by atoms with Crippen molar-refractivity contribution in [1.29, 1.82) is 0 Å². The van der Waals surface area contributed by atoms with Crippen molar-refractivity contribution >= 4 is 18.5 Å². The van der Waals surface area contributed by atoms with Crippen LogP contribution in [-0.4, -0.2) is 19.0 Å². The van der Waals surface area contributed by atoms with E-state index in [-0.39, 0.29) is 6.04 Å². The molecule has 0 amide bonds. The summed E-state index contributed by atoms with van der Waals surface area (Å²) in [4.78, 5) is 2.34. The van der Waals surface area contributed by atoms with Crippen LogP contribution in [-0.2, 0) is 0 Å². The van der Waals surface area contributed by atoms with Gasteiger partial charge in [-0.05, 0) is 55.5 Å². The van der Waals surface area contributed by atoms with Gasteiger partial charge in [0.05, 0.1) is 6.04 Å². The third-order valence-electron chi connectivity index (χ3n) is 5.17. The summed E-state index contributed by atoms with van der Waals surface area (Å²) in [5.74, 6) is 0. The third-order valence-corrected chi connectivity index (χ3v) is 7.78. The molecule has 1 atom stereocenters. The number of benzene rings is 3. The van der Waals surface area contributed by atoms with Crippen molar-refractivity contribution in [3.05, 3.63) is 120 Å². The fourth-order valence-corrected chi connectivity index (χ4v) is 6.59. The van der Waals surface area contributed by atoms with E-state index in [1.165, 1.54) is 21.7 Å². The van der Waals surface area contributed by atoms with Crippen LogP contribution < -0.4 is 10.6 Å². The second kappa shape index (κ2) is 8.69. The Morgan fingerprint density at radius 1 is 0.714 bits per heavy atom. The molecule has 28 heavy (non-hydrogen) atoms. The topological polar surface area (TPSA) is 3.24 Å². The monoisotopic (exact) mass is 383 g/mol. The van der Waals surface area contributed by atoms with Gasteiger partial charge in [-0.3, -0.25) is 4.90 Å². The van der Waals surface area contributed by atoms with E-state index >= 15 is 0 Å². The molecular formula is C26H26NP. The first-order valence-corrected chi connectivity index (χ1v) is 11.1. The Morgan fingerprint density at radius 2 is 1.21 bits per heavy atom. The Bertz CT molecular complexity index is 920. The maximum absolute atomic E-state index is 2.36. The van der Waals surface area contributed by atoms with E-state index in [4.69, 9.17) is 0 Å². The SMILES string of the molecule is CN(C)[C@H](C1=C(P(c2ccccc2)c2ccccc2)CC=C1)c1ccccc1. The first-order chi connectivity index (χ1) is 13.8. The Kier molecular flexibility index (Phi) is 5.86. The summed E-state index contributed by atoms with van der Waals surface area (Å²) in [7, 11) is 3.82. The van der Waals surface area contributed by atoms with E-state index in [1.54, 1.807) is 5.31 Å². The lowest BCUT2D eigenvalue weighted by Crippen LogP contribution is -2.22. The molecule has 0 aliphatic heterocycles. The van der Waals surface area contributed by atoms with Crippen LogP contribution in [0.25, 0.3) is 0 Å². The van der Waals surface area contributed by atoms with Crippen molar-refractivity contribution in [2.75, 3.05) is 14.1 Å².